The first-order valence-corrected chi connectivity index (χ1v) is 8.74. The molecule has 2 amide bonds. The van der Waals surface area contributed by atoms with Gasteiger partial charge in [-0.1, -0.05) is 31.2 Å². The number of para-hydroxylation sites is 1. The lowest BCUT2D eigenvalue weighted by Gasteiger charge is -2.12. The summed E-state index contributed by atoms with van der Waals surface area (Å²) >= 11 is 0. The lowest BCUT2D eigenvalue weighted by molar-refractivity contribution is 0.102. The third-order valence-electron chi connectivity index (χ3n) is 4.24. The second-order valence-electron chi connectivity index (χ2n) is 6.09. The number of carbonyl (C=O) groups is 2. The van der Waals surface area contributed by atoms with Crippen LogP contribution in [0.25, 0.3) is 0 Å². The highest BCUT2D eigenvalue weighted by atomic mass is 19.1. The van der Waals surface area contributed by atoms with Crippen LogP contribution in [-0.4, -0.2) is 11.8 Å². The minimum atomic E-state index is -0.923. The molecule has 0 spiro atoms. The molecule has 28 heavy (non-hydrogen) atoms. The molecule has 0 bridgehead atoms. The molecule has 0 radical (unpaired) electrons. The van der Waals surface area contributed by atoms with E-state index in [2.05, 4.69) is 10.6 Å². The van der Waals surface area contributed by atoms with Crippen LogP contribution < -0.4 is 10.6 Å². The fraction of sp³-hybridized carbons (Fsp3) is 0.0909. The Labute approximate surface area is 161 Å². The van der Waals surface area contributed by atoms with E-state index < -0.39 is 23.4 Å². The van der Waals surface area contributed by atoms with Gasteiger partial charge in [0.2, 0.25) is 0 Å². The minimum Gasteiger partial charge on any atom is -0.322 e. The van der Waals surface area contributed by atoms with E-state index in [1.54, 1.807) is 12.1 Å². The van der Waals surface area contributed by atoms with E-state index in [0.717, 1.165) is 5.56 Å². The van der Waals surface area contributed by atoms with Gasteiger partial charge in [-0.05, 0) is 54.4 Å². The van der Waals surface area contributed by atoms with Gasteiger partial charge in [0, 0.05) is 11.4 Å². The molecule has 6 heteroatoms. The zero-order valence-electron chi connectivity index (χ0n) is 15.1. The lowest BCUT2D eigenvalue weighted by atomic mass is 10.1. The van der Waals surface area contributed by atoms with Gasteiger partial charge in [-0.25, -0.2) is 8.78 Å². The third-order valence-corrected chi connectivity index (χ3v) is 4.24. The SMILES string of the molecule is CCc1ccccc1NC(=O)c1cccc(C(=O)Nc2ccc(F)cc2)c1F. The van der Waals surface area contributed by atoms with Crippen LogP contribution in [0.4, 0.5) is 20.2 Å². The number of anilines is 2. The topological polar surface area (TPSA) is 58.2 Å². The Morgan fingerprint density at radius 1 is 0.786 bits per heavy atom. The first-order valence-electron chi connectivity index (χ1n) is 8.74. The molecule has 0 atom stereocenters. The largest absolute Gasteiger partial charge is 0.322 e. The number of halogens is 2. The summed E-state index contributed by atoms with van der Waals surface area (Å²) in [6, 6.07) is 16.4. The molecule has 0 saturated carbocycles. The van der Waals surface area contributed by atoms with Crippen LogP contribution in [0.2, 0.25) is 0 Å². The first kappa shape index (κ1) is 19.2. The Morgan fingerprint density at radius 3 is 2.04 bits per heavy atom. The van der Waals surface area contributed by atoms with Gasteiger partial charge in [0.25, 0.3) is 11.8 Å². The molecule has 0 aliphatic rings. The monoisotopic (exact) mass is 380 g/mol. The van der Waals surface area contributed by atoms with Crippen LogP contribution in [-0.2, 0) is 6.42 Å². The average molecular weight is 380 g/mol. The number of amides is 2. The van der Waals surface area contributed by atoms with Crippen LogP contribution in [0.3, 0.4) is 0 Å². The smallest absolute Gasteiger partial charge is 0.258 e. The maximum atomic E-state index is 14.8. The van der Waals surface area contributed by atoms with Crippen molar-refractivity contribution in [2.45, 2.75) is 13.3 Å². The van der Waals surface area contributed by atoms with Crippen molar-refractivity contribution in [3.63, 3.8) is 0 Å². The second kappa shape index (κ2) is 8.43. The fourth-order valence-corrected chi connectivity index (χ4v) is 2.75. The van der Waals surface area contributed by atoms with Crippen molar-refractivity contribution in [1.82, 2.24) is 0 Å². The van der Waals surface area contributed by atoms with Gasteiger partial charge in [0.15, 0.2) is 0 Å². The van der Waals surface area contributed by atoms with Gasteiger partial charge in [-0.3, -0.25) is 9.59 Å². The summed E-state index contributed by atoms with van der Waals surface area (Å²) in [5.74, 6) is -2.74. The van der Waals surface area contributed by atoms with E-state index in [1.165, 1.54) is 42.5 Å². The molecule has 3 aromatic rings. The highest BCUT2D eigenvalue weighted by Crippen LogP contribution is 2.20. The number of benzene rings is 3. The van der Waals surface area contributed by atoms with Crippen LogP contribution >= 0.6 is 0 Å². The summed E-state index contributed by atoms with van der Waals surface area (Å²) in [6.45, 7) is 1.95. The van der Waals surface area contributed by atoms with E-state index in [0.29, 0.717) is 17.8 Å². The van der Waals surface area contributed by atoms with Gasteiger partial charge in [-0.15, -0.1) is 0 Å². The van der Waals surface area contributed by atoms with Crippen molar-refractivity contribution in [3.05, 3.63) is 95.1 Å². The van der Waals surface area contributed by atoms with Crippen molar-refractivity contribution in [2.75, 3.05) is 10.6 Å². The zero-order chi connectivity index (χ0) is 20.1. The quantitative estimate of drug-likeness (QED) is 0.652. The Hall–Kier alpha value is -3.54. The molecule has 0 heterocycles. The fourth-order valence-electron chi connectivity index (χ4n) is 2.75. The maximum Gasteiger partial charge on any atom is 0.258 e. The number of aryl methyl sites for hydroxylation is 1. The van der Waals surface area contributed by atoms with Crippen LogP contribution in [0.5, 0.6) is 0 Å². The number of rotatable bonds is 5. The summed E-state index contributed by atoms with van der Waals surface area (Å²) < 4.78 is 27.8. The number of hydrogen-bond acceptors (Lipinski definition) is 2. The molecule has 3 aromatic carbocycles. The number of hydrogen-bond donors (Lipinski definition) is 2. The van der Waals surface area contributed by atoms with Gasteiger partial charge >= 0.3 is 0 Å². The van der Waals surface area contributed by atoms with E-state index in [9.17, 15) is 18.4 Å². The van der Waals surface area contributed by atoms with E-state index >= 15 is 0 Å². The molecule has 0 fully saturated rings. The molecule has 142 valence electrons. The molecule has 0 aliphatic carbocycles. The van der Waals surface area contributed by atoms with Crippen LogP contribution in [0, 0.1) is 11.6 Å². The predicted molar refractivity (Wildman–Crippen MR) is 105 cm³/mol. The number of carbonyl (C=O) groups excluding carboxylic acids is 2. The molecule has 4 nitrogen and oxygen atoms in total. The maximum absolute atomic E-state index is 14.8. The van der Waals surface area contributed by atoms with Crippen molar-refractivity contribution in [1.29, 1.82) is 0 Å². The zero-order valence-corrected chi connectivity index (χ0v) is 15.1. The summed E-state index contributed by atoms with van der Waals surface area (Å²) in [4.78, 5) is 24.9. The Balaban J connectivity index is 1.82. The summed E-state index contributed by atoms with van der Waals surface area (Å²) in [7, 11) is 0. The van der Waals surface area contributed by atoms with E-state index in [4.69, 9.17) is 0 Å². The second-order valence-corrected chi connectivity index (χ2v) is 6.09. The molecular weight excluding hydrogens is 362 g/mol. The number of nitrogens with one attached hydrogen (secondary N) is 2. The van der Waals surface area contributed by atoms with Gasteiger partial charge in [0.1, 0.15) is 11.6 Å². The van der Waals surface area contributed by atoms with Crippen molar-refractivity contribution in [3.8, 4) is 0 Å². The highest BCUT2D eigenvalue weighted by Gasteiger charge is 2.20. The third kappa shape index (κ3) is 4.23. The molecule has 2 N–H and O–H groups in total. The van der Waals surface area contributed by atoms with Gasteiger partial charge in [-0.2, -0.15) is 0 Å². The Bertz CT molecular complexity index is 1020. The summed E-state index contributed by atoms with van der Waals surface area (Å²) in [5.41, 5.74) is 1.31. The Morgan fingerprint density at radius 2 is 1.39 bits per heavy atom. The Kier molecular flexibility index (Phi) is 5.79. The van der Waals surface area contributed by atoms with Crippen molar-refractivity contribution in [2.24, 2.45) is 0 Å². The molecule has 0 aliphatic heterocycles. The van der Waals surface area contributed by atoms with Gasteiger partial charge < -0.3 is 10.6 Å². The van der Waals surface area contributed by atoms with Gasteiger partial charge in [0.05, 0.1) is 11.1 Å². The van der Waals surface area contributed by atoms with Crippen molar-refractivity contribution < 1.29 is 18.4 Å². The van der Waals surface area contributed by atoms with Crippen molar-refractivity contribution >= 4 is 23.2 Å². The minimum absolute atomic E-state index is 0.238. The molecule has 0 saturated heterocycles. The highest BCUT2D eigenvalue weighted by molar-refractivity contribution is 6.09. The van der Waals surface area contributed by atoms with E-state index in [1.807, 2.05) is 19.1 Å². The molecule has 0 aromatic heterocycles. The summed E-state index contributed by atoms with van der Waals surface area (Å²) in [6.07, 6.45) is 0.707. The predicted octanol–water partition coefficient (Wildman–Crippen LogP) is 5.03. The van der Waals surface area contributed by atoms with Crippen LogP contribution in [0.15, 0.2) is 66.7 Å². The first-order chi connectivity index (χ1) is 13.5. The molecular formula is C22H18F2N2O2. The summed E-state index contributed by atoms with van der Waals surface area (Å²) in [5, 5.41) is 5.17. The van der Waals surface area contributed by atoms with E-state index in [-0.39, 0.29) is 11.1 Å². The van der Waals surface area contributed by atoms with Crippen LogP contribution in [0.1, 0.15) is 33.2 Å². The lowest BCUT2D eigenvalue weighted by Crippen LogP contribution is -2.19. The average Bonchev–Trinajstić information content (AvgIpc) is 2.70. The normalized spacial score (nSPS) is 10.4. The molecule has 0 unspecified atom stereocenters. The molecule has 3 rings (SSSR count). The standard InChI is InChI=1S/C22H18F2N2O2/c1-2-14-6-3-4-9-19(14)26-22(28)18-8-5-7-17(20(18)24)21(27)25-16-12-10-15(23)11-13-16/h3-13H,2H2,1H3,(H,25,27)(H,26,28).